The van der Waals surface area contributed by atoms with Crippen LogP contribution in [0.2, 0.25) is 0 Å². The van der Waals surface area contributed by atoms with Crippen LogP contribution in [-0.4, -0.2) is 35.6 Å². The van der Waals surface area contributed by atoms with Crippen LogP contribution in [0, 0.1) is 0 Å². The first-order valence-electron chi connectivity index (χ1n) is 9.62. The number of benzene rings is 2. The summed E-state index contributed by atoms with van der Waals surface area (Å²) in [5.74, 6) is -0.410. The van der Waals surface area contributed by atoms with Crippen LogP contribution in [-0.2, 0) is 10.0 Å². The predicted octanol–water partition coefficient (Wildman–Crippen LogP) is 3.42. The van der Waals surface area contributed by atoms with Gasteiger partial charge in [-0.3, -0.25) is 0 Å². The van der Waals surface area contributed by atoms with Crippen LogP contribution in [0.4, 0.5) is 0 Å². The molecule has 0 amide bonds. The molecule has 2 aromatic heterocycles. The van der Waals surface area contributed by atoms with Gasteiger partial charge in [0.2, 0.25) is 10.0 Å². The summed E-state index contributed by atoms with van der Waals surface area (Å²) in [6.45, 7) is 1.49. The lowest BCUT2D eigenvalue weighted by atomic mass is 9.78. The molecule has 2 aromatic carbocycles. The Bertz CT molecular complexity index is 1200. The SMILES string of the molecule is C[C@](O)(CNS(=O)(=O)c1c[nH]c2ncccc12)C(c1ccccc1)c1ccccc1. The second-order valence-electron chi connectivity index (χ2n) is 7.49. The molecule has 0 saturated carbocycles. The van der Waals surface area contributed by atoms with Crippen LogP contribution < -0.4 is 4.72 Å². The number of fused-ring (bicyclic) bond motifs is 1. The van der Waals surface area contributed by atoms with E-state index in [9.17, 15) is 13.5 Å². The maximum Gasteiger partial charge on any atom is 0.242 e. The van der Waals surface area contributed by atoms with Gasteiger partial charge in [-0.25, -0.2) is 18.1 Å². The summed E-state index contributed by atoms with van der Waals surface area (Å²) in [7, 11) is -3.86. The van der Waals surface area contributed by atoms with Gasteiger partial charge in [0.05, 0.1) is 5.60 Å². The van der Waals surface area contributed by atoms with Crippen molar-refractivity contribution in [2.75, 3.05) is 6.54 Å². The van der Waals surface area contributed by atoms with Crippen LogP contribution in [0.15, 0.2) is 90.1 Å². The number of nitrogens with zero attached hydrogens (tertiary/aromatic N) is 1. The van der Waals surface area contributed by atoms with Crippen LogP contribution in [0.1, 0.15) is 24.0 Å². The number of hydrogen-bond donors (Lipinski definition) is 3. The summed E-state index contributed by atoms with van der Waals surface area (Å²) in [5, 5.41) is 11.9. The monoisotopic (exact) mass is 421 g/mol. The molecule has 0 saturated heterocycles. The lowest BCUT2D eigenvalue weighted by Gasteiger charge is -2.34. The molecule has 2 heterocycles. The van der Waals surface area contributed by atoms with Crippen LogP contribution >= 0.6 is 0 Å². The number of hydrogen-bond acceptors (Lipinski definition) is 4. The molecule has 154 valence electrons. The molecule has 1 atom stereocenters. The Morgan fingerprint density at radius 1 is 1.00 bits per heavy atom. The van der Waals surface area contributed by atoms with E-state index in [1.54, 1.807) is 25.3 Å². The second-order valence-corrected chi connectivity index (χ2v) is 9.22. The molecule has 0 fully saturated rings. The van der Waals surface area contributed by atoms with Crippen molar-refractivity contribution < 1.29 is 13.5 Å². The van der Waals surface area contributed by atoms with Crippen LogP contribution in [0.3, 0.4) is 0 Å². The fourth-order valence-corrected chi connectivity index (χ4v) is 5.08. The molecule has 0 aliphatic rings. The predicted molar refractivity (Wildman–Crippen MR) is 117 cm³/mol. The normalized spacial score (nSPS) is 14.1. The average Bonchev–Trinajstić information content (AvgIpc) is 3.19. The topological polar surface area (TPSA) is 95.1 Å². The summed E-state index contributed by atoms with van der Waals surface area (Å²) in [6.07, 6.45) is 3.01. The lowest BCUT2D eigenvalue weighted by Crippen LogP contribution is -2.45. The number of H-pyrrole nitrogens is 1. The van der Waals surface area contributed by atoms with E-state index in [0.29, 0.717) is 11.0 Å². The van der Waals surface area contributed by atoms with Crippen molar-refractivity contribution in [3.8, 4) is 0 Å². The Kier molecular flexibility index (Phi) is 5.42. The Morgan fingerprint density at radius 2 is 1.60 bits per heavy atom. The molecular weight excluding hydrogens is 398 g/mol. The van der Waals surface area contributed by atoms with Crippen molar-refractivity contribution in [3.05, 3.63) is 96.3 Å². The largest absolute Gasteiger partial charge is 0.388 e. The van der Waals surface area contributed by atoms with E-state index < -0.39 is 21.5 Å². The van der Waals surface area contributed by atoms with Gasteiger partial charge in [-0.1, -0.05) is 60.7 Å². The minimum Gasteiger partial charge on any atom is -0.388 e. The molecule has 3 N–H and O–H groups in total. The van der Waals surface area contributed by atoms with Crippen molar-refractivity contribution >= 4 is 21.1 Å². The molecule has 0 unspecified atom stereocenters. The number of aromatic nitrogens is 2. The minimum atomic E-state index is -3.86. The van der Waals surface area contributed by atoms with Crippen molar-refractivity contribution in [1.82, 2.24) is 14.7 Å². The Hall–Kier alpha value is -3.00. The third-order valence-electron chi connectivity index (χ3n) is 5.21. The maximum atomic E-state index is 13.0. The summed E-state index contributed by atoms with van der Waals surface area (Å²) in [6, 6.07) is 22.6. The van der Waals surface area contributed by atoms with Gasteiger partial charge in [-0.05, 0) is 30.2 Å². The molecule has 0 radical (unpaired) electrons. The van der Waals surface area contributed by atoms with Gasteiger partial charge >= 0.3 is 0 Å². The minimum absolute atomic E-state index is 0.109. The van der Waals surface area contributed by atoms with Crippen molar-refractivity contribution in [1.29, 1.82) is 0 Å². The number of aliphatic hydroxyl groups is 1. The number of nitrogens with one attached hydrogen (secondary N) is 2. The summed E-state index contributed by atoms with van der Waals surface area (Å²) < 4.78 is 28.5. The first-order valence-corrected chi connectivity index (χ1v) is 11.1. The molecule has 0 aliphatic carbocycles. The molecule has 4 rings (SSSR count). The van der Waals surface area contributed by atoms with Crippen molar-refractivity contribution in [2.45, 2.75) is 23.3 Å². The zero-order chi connectivity index (χ0) is 21.2. The van der Waals surface area contributed by atoms with Gasteiger partial charge in [0.25, 0.3) is 0 Å². The highest BCUT2D eigenvalue weighted by molar-refractivity contribution is 7.89. The van der Waals surface area contributed by atoms with Crippen LogP contribution in [0.5, 0.6) is 0 Å². The molecule has 0 bridgehead atoms. The summed E-state index contributed by atoms with van der Waals surface area (Å²) in [5.41, 5.74) is 0.935. The third-order valence-corrected chi connectivity index (χ3v) is 6.65. The van der Waals surface area contributed by atoms with Gasteiger partial charge in [0.15, 0.2) is 0 Å². The first-order chi connectivity index (χ1) is 14.4. The number of pyridine rings is 1. The van der Waals surface area contributed by atoms with Crippen molar-refractivity contribution in [3.63, 3.8) is 0 Å². The molecule has 4 aromatic rings. The summed E-state index contributed by atoms with van der Waals surface area (Å²) >= 11 is 0. The first kappa shape index (κ1) is 20.3. The Labute approximate surface area is 175 Å². The quantitative estimate of drug-likeness (QED) is 0.426. The molecule has 7 heteroatoms. The average molecular weight is 422 g/mol. The highest BCUT2D eigenvalue weighted by atomic mass is 32.2. The molecule has 0 aliphatic heterocycles. The standard InChI is InChI=1S/C23H23N3O3S/c1-23(27,21(17-9-4-2-5-10-17)18-11-6-3-7-12-18)16-26-30(28,29)20-15-25-22-19(20)13-8-14-24-22/h2-15,21,26-27H,16H2,1H3,(H,24,25)/t23-/m0/s1. The molecule has 6 nitrogen and oxygen atoms in total. The van der Waals surface area contributed by atoms with E-state index >= 15 is 0 Å². The number of rotatable bonds is 7. The maximum absolute atomic E-state index is 13.0. The fraction of sp³-hybridized carbons (Fsp3) is 0.174. The van der Waals surface area contributed by atoms with Crippen LogP contribution in [0.25, 0.3) is 11.0 Å². The van der Waals surface area contributed by atoms with E-state index in [-0.39, 0.29) is 11.4 Å². The smallest absolute Gasteiger partial charge is 0.242 e. The lowest BCUT2D eigenvalue weighted by molar-refractivity contribution is 0.0481. The van der Waals surface area contributed by atoms with E-state index in [1.807, 2.05) is 60.7 Å². The molecular formula is C23H23N3O3S. The van der Waals surface area contributed by atoms with E-state index in [1.165, 1.54) is 6.20 Å². The highest BCUT2D eigenvalue weighted by Gasteiger charge is 2.36. The molecule has 30 heavy (non-hydrogen) atoms. The van der Waals surface area contributed by atoms with E-state index in [2.05, 4.69) is 14.7 Å². The fourth-order valence-electron chi connectivity index (χ4n) is 3.78. The summed E-state index contributed by atoms with van der Waals surface area (Å²) in [4.78, 5) is 7.12. The highest BCUT2D eigenvalue weighted by Crippen LogP contribution is 2.35. The van der Waals surface area contributed by atoms with E-state index in [0.717, 1.165) is 11.1 Å². The van der Waals surface area contributed by atoms with Gasteiger partial charge in [-0.15, -0.1) is 0 Å². The number of sulfonamides is 1. The molecule has 0 spiro atoms. The van der Waals surface area contributed by atoms with Gasteiger partial charge in [0.1, 0.15) is 10.5 Å². The van der Waals surface area contributed by atoms with Gasteiger partial charge in [-0.2, -0.15) is 0 Å². The second kappa shape index (κ2) is 8.02. The number of aromatic amines is 1. The third kappa shape index (κ3) is 4.00. The van der Waals surface area contributed by atoms with Gasteiger partial charge < -0.3 is 10.1 Å². The zero-order valence-corrected chi connectivity index (χ0v) is 17.3. The zero-order valence-electron chi connectivity index (χ0n) is 16.5. The Morgan fingerprint density at radius 3 is 2.20 bits per heavy atom. The van der Waals surface area contributed by atoms with Crippen molar-refractivity contribution in [2.24, 2.45) is 0 Å². The Balaban J connectivity index is 1.65. The van der Waals surface area contributed by atoms with E-state index in [4.69, 9.17) is 0 Å². The van der Waals surface area contributed by atoms with Gasteiger partial charge in [0, 0.05) is 30.2 Å².